The van der Waals surface area contributed by atoms with E-state index in [1.165, 1.54) is 6.07 Å². The molecule has 2 rings (SSSR count). The van der Waals surface area contributed by atoms with Gasteiger partial charge in [0.05, 0.1) is 11.4 Å². The molecule has 102 valence electrons. The molecule has 0 radical (unpaired) electrons. The first kappa shape index (κ1) is 13.5. The third kappa shape index (κ3) is 2.20. The van der Waals surface area contributed by atoms with Crippen LogP contribution in [0, 0.1) is 11.7 Å². The zero-order valence-electron chi connectivity index (χ0n) is 11.2. The van der Waals surface area contributed by atoms with Gasteiger partial charge in [0.2, 0.25) is 0 Å². The van der Waals surface area contributed by atoms with Crippen molar-refractivity contribution in [2.24, 2.45) is 5.92 Å². The first-order valence-corrected chi connectivity index (χ1v) is 6.34. The van der Waals surface area contributed by atoms with Crippen LogP contribution in [0.1, 0.15) is 32.5 Å². The fraction of sp³-hybridized carbons (Fsp3) is 0.429. The summed E-state index contributed by atoms with van der Waals surface area (Å²) in [5.41, 5.74) is 1.02. The summed E-state index contributed by atoms with van der Waals surface area (Å²) < 4.78 is 15.6. The van der Waals surface area contributed by atoms with Gasteiger partial charge in [0.25, 0.3) is 0 Å². The summed E-state index contributed by atoms with van der Waals surface area (Å²) in [6.45, 7) is 6.02. The van der Waals surface area contributed by atoms with E-state index in [1.807, 2.05) is 18.4 Å². The summed E-state index contributed by atoms with van der Waals surface area (Å²) in [5, 5.41) is 9.10. The molecule has 1 aromatic heterocycles. The zero-order chi connectivity index (χ0) is 14.2. The number of carboxylic acid groups (broad SMARTS) is 1. The Morgan fingerprint density at radius 3 is 2.74 bits per heavy atom. The predicted octanol–water partition coefficient (Wildman–Crippen LogP) is 3.02. The van der Waals surface area contributed by atoms with Crippen LogP contribution in [0.4, 0.5) is 4.39 Å². The van der Waals surface area contributed by atoms with Gasteiger partial charge in [-0.2, -0.15) is 0 Å². The van der Waals surface area contributed by atoms with Crippen LogP contribution in [0.15, 0.2) is 18.2 Å². The molecular formula is C14H17FN2O2. The van der Waals surface area contributed by atoms with Crippen LogP contribution in [-0.2, 0) is 11.3 Å². The number of aryl methyl sites for hydroxylation is 1. The molecule has 2 unspecified atom stereocenters. The summed E-state index contributed by atoms with van der Waals surface area (Å²) in [6.07, 6.45) is 0. The third-order valence-electron chi connectivity index (χ3n) is 3.62. The van der Waals surface area contributed by atoms with Crippen LogP contribution < -0.4 is 0 Å². The Morgan fingerprint density at radius 1 is 1.47 bits per heavy atom. The molecular weight excluding hydrogens is 247 g/mol. The number of hydrogen-bond acceptors (Lipinski definition) is 2. The Labute approximate surface area is 110 Å². The second kappa shape index (κ2) is 4.99. The van der Waals surface area contributed by atoms with Crippen molar-refractivity contribution in [3.63, 3.8) is 0 Å². The SMILES string of the molecule is CCn1c(C(C)C(C)C(=O)O)nc2c(F)cccc21. The van der Waals surface area contributed by atoms with Gasteiger partial charge in [0, 0.05) is 12.5 Å². The van der Waals surface area contributed by atoms with Gasteiger partial charge in [0.1, 0.15) is 11.3 Å². The van der Waals surface area contributed by atoms with Crippen LogP contribution in [0.5, 0.6) is 0 Å². The molecule has 0 saturated carbocycles. The van der Waals surface area contributed by atoms with Crippen LogP contribution in [0.25, 0.3) is 11.0 Å². The largest absolute Gasteiger partial charge is 0.481 e. The third-order valence-corrected chi connectivity index (χ3v) is 3.62. The second-order valence-corrected chi connectivity index (χ2v) is 4.74. The van der Waals surface area contributed by atoms with Crippen molar-refractivity contribution < 1.29 is 14.3 Å². The van der Waals surface area contributed by atoms with Crippen molar-refractivity contribution in [1.82, 2.24) is 9.55 Å². The number of nitrogens with zero attached hydrogens (tertiary/aromatic N) is 2. The van der Waals surface area contributed by atoms with E-state index in [1.54, 1.807) is 19.1 Å². The van der Waals surface area contributed by atoms with E-state index in [9.17, 15) is 9.18 Å². The van der Waals surface area contributed by atoms with Crippen molar-refractivity contribution in [2.75, 3.05) is 0 Å². The van der Waals surface area contributed by atoms with Gasteiger partial charge in [-0.25, -0.2) is 9.37 Å². The molecule has 2 atom stereocenters. The lowest BCUT2D eigenvalue weighted by molar-refractivity contribution is -0.141. The Morgan fingerprint density at radius 2 is 2.16 bits per heavy atom. The molecule has 0 spiro atoms. The van der Waals surface area contributed by atoms with Gasteiger partial charge in [-0.1, -0.05) is 19.9 Å². The normalized spacial score (nSPS) is 14.5. The summed E-state index contributed by atoms with van der Waals surface area (Å²) in [6, 6.07) is 4.81. The van der Waals surface area contributed by atoms with E-state index in [0.29, 0.717) is 23.4 Å². The number of aliphatic carboxylic acids is 1. The first-order valence-electron chi connectivity index (χ1n) is 6.34. The predicted molar refractivity (Wildman–Crippen MR) is 70.6 cm³/mol. The minimum Gasteiger partial charge on any atom is -0.481 e. The molecule has 0 saturated heterocycles. The molecule has 0 aliphatic carbocycles. The number of carboxylic acids is 1. The quantitative estimate of drug-likeness (QED) is 0.923. The highest BCUT2D eigenvalue weighted by Crippen LogP contribution is 2.28. The molecule has 1 heterocycles. The smallest absolute Gasteiger partial charge is 0.306 e. The van der Waals surface area contributed by atoms with Gasteiger partial charge >= 0.3 is 5.97 Å². The highest BCUT2D eigenvalue weighted by Gasteiger charge is 2.26. The maximum atomic E-state index is 13.7. The number of fused-ring (bicyclic) bond motifs is 1. The maximum Gasteiger partial charge on any atom is 0.306 e. The van der Waals surface area contributed by atoms with E-state index in [0.717, 1.165) is 0 Å². The molecule has 1 N–H and O–H groups in total. The summed E-state index contributed by atoms with van der Waals surface area (Å²) in [7, 11) is 0. The van der Waals surface area contributed by atoms with Crippen molar-refractivity contribution in [2.45, 2.75) is 33.2 Å². The molecule has 0 bridgehead atoms. The van der Waals surface area contributed by atoms with E-state index in [-0.39, 0.29) is 11.7 Å². The molecule has 4 nitrogen and oxygen atoms in total. The topological polar surface area (TPSA) is 55.1 Å². The van der Waals surface area contributed by atoms with Gasteiger partial charge in [-0.05, 0) is 19.1 Å². The van der Waals surface area contributed by atoms with Gasteiger partial charge in [-0.15, -0.1) is 0 Å². The number of halogens is 1. The molecule has 0 aliphatic heterocycles. The van der Waals surface area contributed by atoms with Crippen molar-refractivity contribution in [3.8, 4) is 0 Å². The Balaban J connectivity index is 2.60. The lowest BCUT2D eigenvalue weighted by Gasteiger charge is -2.16. The summed E-state index contributed by atoms with van der Waals surface area (Å²) in [5.74, 6) is -1.46. The van der Waals surface area contributed by atoms with E-state index in [4.69, 9.17) is 5.11 Å². The second-order valence-electron chi connectivity index (χ2n) is 4.74. The molecule has 5 heteroatoms. The van der Waals surface area contributed by atoms with E-state index in [2.05, 4.69) is 4.98 Å². The Bertz CT molecular complexity index is 621. The number of benzene rings is 1. The highest BCUT2D eigenvalue weighted by atomic mass is 19.1. The summed E-state index contributed by atoms with van der Waals surface area (Å²) in [4.78, 5) is 15.4. The highest BCUT2D eigenvalue weighted by molar-refractivity contribution is 5.77. The number of rotatable bonds is 4. The number of carbonyl (C=O) groups is 1. The van der Waals surface area contributed by atoms with Gasteiger partial charge in [-0.3, -0.25) is 4.79 Å². The van der Waals surface area contributed by atoms with Crippen LogP contribution in [0.2, 0.25) is 0 Å². The van der Waals surface area contributed by atoms with Gasteiger partial charge in [0.15, 0.2) is 5.82 Å². The average molecular weight is 264 g/mol. The van der Waals surface area contributed by atoms with E-state index >= 15 is 0 Å². The standard InChI is InChI=1S/C14H17FN2O2/c1-4-17-11-7-5-6-10(15)12(11)16-13(17)8(2)9(3)14(18)19/h5-9H,4H2,1-3H3,(H,18,19). The van der Waals surface area contributed by atoms with Crippen molar-refractivity contribution in [3.05, 3.63) is 29.8 Å². The molecule has 0 aliphatic rings. The summed E-state index contributed by atoms with van der Waals surface area (Å²) >= 11 is 0. The zero-order valence-corrected chi connectivity index (χ0v) is 11.2. The van der Waals surface area contributed by atoms with Gasteiger partial charge < -0.3 is 9.67 Å². The van der Waals surface area contributed by atoms with E-state index < -0.39 is 11.9 Å². The molecule has 0 amide bonds. The maximum absolute atomic E-state index is 13.7. The first-order chi connectivity index (χ1) is 8.97. The lowest BCUT2D eigenvalue weighted by atomic mass is 9.95. The molecule has 0 fully saturated rings. The molecule has 2 aromatic rings. The fourth-order valence-electron chi connectivity index (χ4n) is 2.25. The minimum absolute atomic E-state index is 0.274. The fourth-order valence-corrected chi connectivity index (χ4v) is 2.25. The number of para-hydroxylation sites is 1. The van der Waals surface area contributed by atoms with Crippen LogP contribution in [0.3, 0.4) is 0 Å². The number of imidazole rings is 1. The average Bonchev–Trinajstić information content (AvgIpc) is 2.76. The monoisotopic (exact) mass is 264 g/mol. The number of aromatic nitrogens is 2. The lowest BCUT2D eigenvalue weighted by Crippen LogP contribution is -2.19. The minimum atomic E-state index is -0.873. The van der Waals surface area contributed by atoms with Crippen molar-refractivity contribution >= 4 is 17.0 Å². The number of hydrogen-bond donors (Lipinski definition) is 1. The molecule has 19 heavy (non-hydrogen) atoms. The van der Waals surface area contributed by atoms with Crippen LogP contribution >= 0.6 is 0 Å². The van der Waals surface area contributed by atoms with Crippen molar-refractivity contribution in [1.29, 1.82) is 0 Å². The Hall–Kier alpha value is -1.91. The molecule has 1 aromatic carbocycles. The van der Waals surface area contributed by atoms with Crippen LogP contribution in [-0.4, -0.2) is 20.6 Å². The Kier molecular flexibility index (Phi) is 3.55.